The highest BCUT2D eigenvalue weighted by atomic mass is 32.1. The van der Waals surface area contributed by atoms with Crippen molar-refractivity contribution in [3.63, 3.8) is 0 Å². The molecule has 0 unspecified atom stereocenters. The second-order valence-electron chi connectivity index (χ2n) is 8.65. The molecule has 6 heteroatoms. The van der Waals surface area contributed by atoms with E-state index in [1.807, 2.05) is 0 Å². The monoisotopic (exact) mass is 456 g/mol. The molecule has 3 aromatic carbocycles. The highest BCUT2D eigenvalue weighted by Crippen LogP contribution is 2.43. The van der Waals surface area contributed by atoms with Crippen LogP contribution in [0.1, 0.15) is 17.5 Å². The number of benzene rings is 3. The van der Waals surface area contributed by atoms with Gasteiger partial charge in [-0.05, 0) is 42.7 Å². The van der Waals surface area contributed by atoms with E-state index in [-0.39, 0.29) is 5.82 Å². The Morgan fingerprint density at radius 3 is 2.79 bits per heavy atom. The van der Waals surface area contributed by atoms with Gasteiger partial charge in [0, 0.05) is 35.8 Å². The highest BCUT2D eigenvalue weighted by Gasteiger charge is 2.29. The van der Waals surface area contributed by atoms with Crippen LogP contribution in [0.4, 0.5) is 20.8 Å². The number of amidine groups is 1. The Morgan fingerprint density at radius 2 is 1.88 bits per heavy atom. The maximum Gasteiger partial charge on any atom is 0.140 e. The van der Waals surface area contributed by atoms with E-state index in [2.05, 4.69) is 70.1 Å². The fraction of sp³-hybridized carbons (Fsp3) is 0.222. The highest BCUT2D eigenvalue weighted by molar-refractivity contribution is 7.23. The molecule has 2 N–H and O–H groups in total. The van der Waals surface area contributed by atoms with Gasteiger partial charge in [-0.3, -0.25) is 0 Å². The molecule has 0 bridgehead atoms. The molecule has 2 aliphatic rings. The number of fused-ring (bicyclic) bond motifs is 4. The van der Waals surface area contributed by atoms with Crippen molar-refractivity contribution >= 4 is 43.6 Å². The molecule has 1 saturated heterocycles. The average Bonchev–Trinajstić information content (AvgIpc) is 3.12. The number of thiophene rings is 1. The average molecular weight is 457 g/mol. The molecule has 6 rings (SSSR count). The second-order valence-corrected chi connectivity index (χ2v) is 9.70. The van der Waals surface area contributed by atoms with E-state index >= 15 is 0 Å². The van der Waals surface area contributed by atoms with Gasteiger partial charge in [0.15, 0.2) is 0 Å². The van der Waals surface area contributed by atoms with Gasteiger partial charge in [-0.2, -0.15) is 0 Å². The van der Waals surface area contributed by atoms with Gasteiger partial charge in [-0.25, -0.2) is 9.38 Å². The van der Waals surface area contributed by atoms with Crippen LogP contribution in [0.25, 0.3) is 10.1 Å². The number of rotatable bonds is 3. The lowest BCUT2D eigenvalue weighted by Crippen LogP contribution is -2.52. The lowest BCUT2D eigenvalue weighted by atomic mass is 10.0. The smallest absolute Gasteiger partial charge is 0.140 e. The zero-order valence-electron chi connectivity index (χ0n) is 18.2. The topological polar surface area (TPSA) is 39.7 Å². The molecule has 3 heterocycles. The number of aryl methyl sites for hydroxylation is 1. The fourth-order valence-electron chi connectivity index (χ4n) is 4.78. The van der Waals surface area contributed by atoms with E-state index in [0.29, 0.717) is 11.7 Å². The number of hydrogen-bond donors (Lipinski definition) is 2. The molecule has 1 fully saturated rings. The van der Waals surface area contributed by atoms with Gasteiger partial charge < -0.3 is 15.5 Å². The number of piperazine rings is 1. The first-order chi connectivity index (χ1) is 16.2. The van der Waals surface area contributed by atoms with Crippen molar-refractivity contribution in [1.82, 2.24) is 10.2 Å². The Hall–Kier alpha value is -3.22. The van der Waals surface area contributed by atoms with Crippen LogP contribution < -0.4 is 10.6 Å². The molecule has 166 valence electrons. The minimum atomic E-state index is -0.259. The maximum absolute atomic E-state index is 14.0. The zero-order valence-corrected chi connectivity index (χ0v) is 19.0. The van der Waals surface area contributed by atoms with Crippen LogP contribution in [0.5, 0.6) is 0 Å². The van der Waals surface area contributed by atoms with Crippen molar-refractivity contribution in [3.05, 3.63) is 89.7 Å². The minimum absolute atomic E-state index is 0.259. The van der Waals surface area contributed by atoms with Gasteiger partial charge in [0.2, 0.25) is 0 Å². The van der Waals surface area contributed by atoms with Crippen molar-refractivity contribution in [1.29, 1.82) is 0 Å². The van der Waals surface area contributed by atoms with Gasteiger partial charge in [-0.15, -0.1) is 11.3 Å². The molecule has 0 saturated carbocycles. The first-order valence-electron chi connectivity index (χ1n) is 11.4. The Morgan fingerprint density at radius 1 is 1.03 bits per heavy atom. The van der Waals surface area contributed by atoms with E-state index in [1.165, 1.54) is 27.8 Å². The van der Waals surface area contributed by atoms with Gasteiger partial charge in [-0.1, -0.05) is 48.5 Å². The summed E-state index contributed by atoms with van der Waals surface area (Å²) in [5.41, 5.74) is 3.98. The number of hydrogen-bond acceptors (Lipinski definition) is 5. The molecule has 0 radical (unpaired) electrons. The number of nitrogens with one attached hydrogen (secondary N) is 2. The molecular formula is C27H25FN4S. The Bertz CT molecular complexity index is 1330. The first-order valence-corrected chi connectivity index (χ1v) is 12.3. The quantitative estimate of drug-likeness (QED) is 0.392. The minimum Gasteiger partial charge on any atom is -0.353 e. The van der Waals surface area contributed by atoms with Gasteiger partial charge in [0.25, 0.3) is 0 Å². The molecule has 0 amide bonds. The Labute approximate surface area is 196 Å². The second kappa shape index (κ2) is 8.61. The third-order valence-electron chi connectivity index (χ3n) is 6.43. The first kappa shape index (κ1) is 20.4. The molecule has 1 atom stereocenters. The Kier molecular flexibility index (Phi) is 5.32. The van der Waals surface area contributed by atoms with E-state index in [4.69, 9.17) is 4.99 Å². The van der Waals surface area contributed by atoms with Crippen LogP contribution in [0.3, 0.4) is 0 Å². The van der Waals surface area contributed by atoms with Crippen molar-refractivity contribution in [2.75, 3.05) is 25.0 Å². The van der Waals surface area contributed by atoms with Gasteiger partial charge in [0.05, 0.1) is 16.9 Å². The van der Waals surface area contributed by atoms with E-state index in [9.17, 15) is 4.39 Å². The zero-order chi connectivity index (χ0) is 22.2. The van der Waals surface area contributed by atoms with Crippen molar-refractivity contribution in [3.8, 4) is 0 Å². The predicted molar refractivity (Wildman–Crippen MR) is 136 cm³/mol. The summed E-state index contributed by atoms with van der Waals surface area (Å²) in [6.45, 7) is 2.70. The van der Waals surface area contributed by atoms with Crippen molar-refractivity contribution in [2.45, 2.75) is 18.9 Å². The summed E-state index contributed by atoms with van der Waals surface area (Å²) in [7, 11) is 0. The van der Waals surface area contributed by atoms with Crippen LogP contribution in [-0.4, -0.2) is 36.4 Å². The third kappa shape index (κ3) is 4.01. The predicted octanol–water partition coefficient (Wildman–Crippen LogP) is 6.08. The Balaban J connectivity index is 1.36. The molecule has 2 aliphatic heterocycles. The molecule has 0 aliphatic carbocycles. The summed E-state index contributed by atoms with van der Waals surface area (Å²) < 4.78 is 15.2. The number of aliphatic imine (C=N–C) groups is 1. The van der Waals surface area contributed by atoms with E-state index in [0.717, 1.165) is 54.6 Å². The molecular weight excluding hydrogens is 431 g/mol. The lowest BCUT2D eigenvalue weighted by molar-refractivity contribution is 0.282. The normalized spacial score (nSPS) is 17.7. The molecule has 1 aromatic heterocycles. The maximum atomic E-state index is 14.0. The summed E-state index contributed by atoms with van der Waals surface area (Å²) in [4.78, 5) is 7.52. The van der Waals surface area contributed by atoms with Crippen LogP contribution in [-0.2, 0) is 6.42 Å². The number of anilines is 2. The van der Waals surface area contributed by atoms with Crippen LogP contribution in [0.15, 0.2) is 77.8 Å². The molecule has 33 heavy (non-hydrogen) atoms. The summed E-state index contributed by atoms with van der Waals surface area (Å²) in [5.74, 6) is 0.720. The summed E-state index contributed by atoms with van der Waals surface area (Å²) in [6, 6.07) is 24.3. The number of halogens is 1. The third-order valence-corrected chi connectivity index (χ3v) is 7.52. The fourth-order valence-corrected chi connectivity index (χ4v) is 5.89. The lowest BCUT2D eigenvalue weighted by Gasteiger charge is -2.36. The van der Waals surface area contributed by atoms with E-state index < -0.39 is 0 Å². The molecule has 4 nitrogen and oxygen atoms in total. The van der Waals surface area contributed by atoms with E-state index in [1.54, 1.807) is 17.4 Å². The standard InChI is InChI=1S/C27H25FN4S/c28-19-11-13-22-23(16-19)31-27-25(21-8-4-5-9-24(21)33-27)26(30-22)32-15-14-29-20(17-32)12-10-18-6-2-1-3-7-18/h1-9,11,13,16,20,29,31H,10,12,14-15,17H2/t20-/m0/s1. The van der Waals surface area contributed by atoms with Crippen LogP contribution >= 0.6 is 11.3 Å². The van der Waals surface area contributed by atoms with Crippen molar-refractivity contribution < 1.29 is 4.39 Å². The van der Waals surface area contributed by atoms with Gasteiger partial charge in [0.1, 0.15) is 16.7 Å². The number of nitrogens with zero attached hydrogens (tertiary/aromatic N) is 2. The van der Waals surface area contributed by atoms with Crippen LogP contribution in [0, 0.1) is 5.82 Å². The SMILES string of the molecule is Fc1ccc2c(c1)Nc1sc3ccccc3c1C(N1CCN[C@@H](CCc3ccccc3)C1)=N2. The van der Waals surface area contributed by atoms with Gasteiger partial charge >= 0.3 is 0 Å². The summed E-state index contributed by atoms with van der Waals surface area (Å²) in [5, 5.41) is 9.40. The largest absolute Gasteiger partial charge is 0.353 e. The summed E-state index contributed by atoms with van der Waals surface area (Å²) in [6.07, 6.45) is 2.13. The molecule has 4 aromatic rings. The van der Waals surface area contributed by atoms with Crippen LogP contribution in [0.2, 0.25) is 0 Å². The summed E-state index contributed by atoms with van der Waals surface area (Å²) >= 11 is 1.70. The molecule has 0 spiro atoms. The van der Waals surface area contributed by atoms with Crippen molar-refractivity contribution in [2.24, 2.45) is 4.99 Å².